The van der Waals surface area contributed by atoms with Crippen LogP contribution in [-0.2, 0) is 33.3 Å². The first-order valence-corrected chi connectivity index (χ1v) is 38.2. The molecule has 0 heterocycles. The Morgan fingerprint density at radius 1 is 0.309 bits per heavy atom. The molecule has 0 saturated heterocycles. The number of hydrogen-bond donors (Lipinski definition) is 0. The minimum absolute atomic E-state index is 0.134. The third kappa shape index (κ3) is 77.1. The SMILES string of the molecule is CC/C=C\C/C=C\C/C=C\C/C=C\C/C=C\C/C=C\C/C=C\C/C=C\C/C=C\C/C=C\CCCCCCCCC(=O)OC(COC(=O)CCCCCCCCCCCCCCC/C=C\C/C=C\C/C=C\C/C=C\C/C=C\C/C=C\C/C=C\CC)COC(OCC[N+](C)(C)C)C(=O)[O-]. The Morgan fingerprint density at radius 2 is 0.557 bits per heavy atom. The van der Waals surface area contributed by atoms with Crippen molar-refractivity contribution in [2.45, 2.75) is 283 Å². The van der Waals surface area contributed by atoms with Crippen molar-refractivity contribution in [2.75, 3.05) is 47.5 Å². The number of esters is 2. The number of hydrogen-bond acceptors (Lipinski definition) is 8. The van der Waals surface area contributed by atoms with E-state index in [0.29, 0.717) is 17.4 Å². The molecule has 0 spiro atoms. The molecule has 0 aliphatic rings. The topological polar surface area (TPSA) is 111 Å². The minimum Gasteiger partial charge on any atom is -0.545 e. The Labute approximate surface area is 594 Å². The lowest BCUT2D eigenvalue weighted by Gasteiger charge is -2.26. The van der Waals surface area contributed by atoms with Gasteiger partial charge in [-0.1, -0.05) is 317 Å². The van der Waals surface area contributed by atoms with Crippen molar-refractivity contribution in [3.8, 4) is 0 Å². The molecular formula is C88H139NO8. The van der Waals surface area contributed by atoms with Gasteiger partial charge in [-0.3, -0.25) is 9.59 Å². The summed E-state index contributed by atoms with van der Waals surface area (Å²) in [7, 11) is 5.91. The first-order chi connectivity index (χ1) is 47.6. The molecule has 0 saturated carbocycles. The summed E-state index contributed by atoms with van der Waals surface area (Å²) in [6.07, 6.45) is 115. The van der Waals surface area contributed by atoms with Gasteiger partial charge in [0.2, 0.25) is 0 Å². The van der Waals surface area contributed by atoms with Crippen LogP contribution < -0.4 is 5.11 Å². The Balaban J connectivity index is 4.19. The molecular weight excluding hydrogens is 1200 g/mol. The normalized spacial score (nSPS) is 13.9. The van der Waals surface area contributed by atoms with Crippen LogP contribution in [0.5, 0.6) is 0 Å². The first kappa shape index (κ1) is 90.9. The van der Waals surface area contributed by atoms with Crippen molar-refractivity contribution >= 4 is 17.9 Å². The smallest absolute Gasteiger partial charge is 0.306 e. The van der Waals surface area contributed by atoms with Crippen molar-refractivity contribution in [1.29, 1.82) is 0 Å². The molecule has 9 nitrogen and oxygen atoms in total. The van der Waals surface area contributed by atoms with Crippen LogP contribution in [-0.4, -0.2) is 82.3 Å². The van der Waals surface area contributed by atoms with Crippen molar-refractivity contribution in [2.24, 2.45) is 0 Å². The van der Waals surface area contributed by atoms with Crippen LogP contribution >= 0.6 is 0 Å². The molecule has 0 aliphatic carbocycles. The van der Waals surface area contributed by atoms with Crippen LogP contribution in [0.2, 0.25) is 0 Å². The Bertz CT molecular complexity index is 2350. The van der Waals surface area contributed by atoms with Gasteiger partial charge in [0, 0.05) is 12.8 Å². The molecule has 0 N–H and O–H groups in total. The zero-order chi connectivity index (χ0) is 70.4. The zero-order valence-electron chi connectivity index (χ0n) is 62.1. The molecule has 2 unspecified atom stereocenters. The lowest BCUT2D eigenvalue weighted by molar-refractivity contribution is -0.870. The standard InChI is InChI=1S/C88H139NO8/c1-6-8-10-12-14-16-18-20-22-24-26-28-30-32-34-36-38-40-42-43-45-47-49-51-53-55-57-59-61-63-65-67-69-71-73-75-77-79-86(91)97-84(83-96-88(87(92)93)94-81-80-89(3,4)5)82-95-85(90)78-76-74-72-70-68-66-64-62-60-58-56-54-52-50-48-46-44-41-39-37-35-33-31-29-27-25-23-21-19-17-15-13-11-9-7-2/h8-11,14-17,20-23,26-29,32-35,38-41,43,45-46,48-49,51,55,57,61,63,84,88H,6-7,12-13,18-19,24-25,30-31,36-37,42,44,47,50,52-54,56,58-60,62,64-83H2,1-5H3/b10-8-,11-9-,16-14-,17-15-,22-20-,23-21-,28-26-,29-27-,34-32-,35-33-,40-38-,41-39-,45-43-,48-46-,51-49-,57-55-,63-61-. The molecule has 9 heteroatoms. The second-order valence-corrected chi connectivity index (χ2v) is 25.8. The summed E-state index contributed by atoms with van der Waals surface area (Å²) in [5, 5.41) is 11.9. The molecule has 0 amide bonds. The predicted molar refractivity (Wildman–Crippen MR) is 416 cm³/mol. The van der Waals surface area contributed by atoms with Gasteiger partial charge in [0.05, 0.1) is 40.3 Å². The van der Waals surface area contributed by atoms with E-state index >= 15 is 0 Å². The molecule has 544 valence electrons. The molecule has 0 aromatic heterocycles. The fraction of sp³-hybridized carbons (Fsp3) is 0.580. The van der Waals surface area contributed by atoms with Gasteiger partial charge in [-0.05, 0) is 148 Å². The monoisotopic (exact) mass is 1340 g/mol. The number of rotatable bonds is 68. The maximum absolute atomic E-state index is 13.0. The number of allylic oxidation sites excluding steroid dienone is 34. The highest BCUT2D eigenvalue weighted by atomic mass is 16.7. The highest BCUT2D eigenvalue weighted by molar-refractivity contribution is 5.70. The first-order valence-electron chi connectivity index (χ1n) is 38.2. The van der Waals surface area contributed by atoms with Gasteiger partial charge in [-0.15, -0.1) is 0 Å². The number of carbonyl (C=O) groups is 3. The number of unbranched alkanes of at least 4 members (excludes halogenated alkanes) is 19. The molecule has 97 heavy (non-hydrogen) atoms. The number of carboxylic acids is 1. The molecule has 0 rings (SSSR count). The number of likely N-dealkylation sites (N-methyl/N-ethyl adjacent to an activating group) is 1. The highest BCUT2D eigenvalue weighted by Gasteiger charge is 2.22. The van der Waals surface area contributed by atoms with E-state index in [-0.39, 0.29) is 38.6 Å². The number of ether oxygens (including phenoxy) is 4. The molecule has 0 bridgehead atoms. The summed E-state index contributed by atoms with van der Waals surface area (Å²) in [6, 6.07) is 0. The van der Waals surface area contributed by atoms with E-state index in [1.165, 1.54) is 64.2 Å². The van der Waals surface area contributed by atoms with Gasteiger partial charge in [0.15, 0.2) is 12.4 Å². The quantitative estimate of drug-likeness (QED) is 0.0195. The van der Waals surface area contributed by atoms with Crippen LogP contribution in [0.25, 0.3) is 0 Å². The van der Waals surface area contributed by atoms with Crippen molar-refractivity contribution in [3.05, 3.63) is 207 Å². The van der Waals surface area contributed by atoms with Gasteiger partial charge in [0.1, 0.15) is 13.2 Å². The maximum Gasteiger partial charge on any atom is 0.306 e. The minimum atomic E-state index is -1.64. The Hall–Kier alpha value is -6.13. The van der Waals surface area contributed by atoms with E-state index in [4.69, 9.17) is 18.9 Å². The van der Waals surface area contributed by atoms with Crippen molar-refractivity contribution in [1.82, 2.24) is 0 Å². The van der Waals surface area contributed by atoms with Gasteiger partial charge in [-0.2, -0.15) is 0 Å². The fourth-order valence-corrected chi connectivity index (χ4v) is 9.78. The summed E-state index contributed by atoms with van der Waals surface area (Å²) in [6.45, 7) is 4.49. The average Bonchev–Trinajstić information content (AvgIpc) is 3.11. The Kier molecular flexibility index (Phi) is 70.9. The largest absolute Gasteiger partial charge is 0.545 e. The van der Waals surface area contributed by atoms with Crippen LogP contribution in [0.4, 0.5) is 0 Å². The van der Waals surface area contributed by atoms with Crippen LogP contribution in [0.15, 0.2) is 207 Å². The fourth-order valence-electron chi connectivity index (χ4n) is 9.78. The third-order valence-corrected chi connectivity index (χ3v) is 15.5. The van der Waals surface area contributed by atoms with Crippen LogP contribution in [0, 0.1) is 0 Å². The summed E-state index contributed by atoms with van der Waals surface area (Å²) >= 11 is 0. The summed E-state index contributed by atoms with van der Waals surface area (Å²) in [5.41, 5.74) is 0. The van der Waals surface area contributed by atoms with Gasteiger partial charge in [-0.25, -0.2) is 0 Å². The van der Waals surface area contributed by atoms with E-state index in [1.54, 1.807) is 0 Å². The van der Waals surface area contributed by atoms with Crippen molar-refractivity contribution in [3.63, 3.8) is 0 Å². The van der Waals surface area contributed by atoms with E-state index < -0.39 is 24.3 Å². The van der Waals surface area contributed by atoms with E-state index in [0.717, 1.165) is 173 Å². The Morgan fingerprint density at radius 3 is 0.825 bits per heavy atom. The number of aliphatic carboxylic acids is 1. The molecule has 0 radical (unpaired) electrons. The van der Waals surface area contributed by atoms with Crippen molar-refractivity contribution < 1.29 is 42.9 Å². The zero-order valence-corrected chi connectivity index (χ0v) is 62.1. The molecule has 0 fully saturated rings. The number of carboxylic acid groups (broad SMARTS) is 1. The maximum atomic E-state index is 13.0. The van der Waals surface area contributed by atoms with Gasteiger partial charge < -0.3 is 33.3 Å². The van der Waals surface area contributed by atoms with Crippen LogP contribution in [0.3, 0.4) is 0 Å². The molecule has 0 aliphatic heterocycles. The lowest BCUT2D eigenvalue weighted by atomic mass is 10.0. The van der Waals surface area contributed by atoms with Crippen LogP contribution in [0.1, 0.15) is 271 Å². The summed E-state index contributed by atoms with van der Waals surface area (Å²) in [5.74, 6) is -2.32. The second-order valence-electron chi connectivity index (χ2n) is 25.8. The number of nitrogens with zero attached hydrogens (tertiary/aromatic N) is 1. The van der Waals surface area contributed by atoms with E-state index in [2.05, 4.69) is 220 Å². The molecule has 2 atom stereocenters. The predicted octanol–water partition coefficient (Wildman–Crippen LogP) is 23.4. The number of carbonyl (C=O) groups excluding carboxylic acids is 3. The van der Waals surface area contributed by atoms with E-state index in [1.807, 2.05) is 21.1 Å². The highest BCUT2D eigenvalue weighted by Crippen LogP contribution is 2.16. The molecule has 0 aromatic carbocycles. The van der Waals surface area contributed by atoms with Gasteiger partial charge >= 0.3 is 11.9 Å². The average molecular weight is 1340 g/mol. The lowest BCUT2D eigenvalue weighted by Crippen LogP contribution is -2.44. The number of quaternary nitrogens is 1. The summed E-state index contributed by atoms with van der Waals surface area (Å²) in [4.78, 5) is 37.6. The van der Waals surface area contributed by atoms with Gasteiger partial charge in [0.25, 0.3) is 0 Å². The second kappa shape index (κ2) is 75.6. The summed E-state index contributed by atoms with van der Waals surface area (Å²) < 4.78 is 22.8. The molecule has 0 aromatic rings. The van der Waals surface area contributed by atoms with E-state index in [9.17, 15) is 19.5 Å². The third-order valence-electron chi connectivity index (χ3n) is 15.5.